The molecule has 0 saturated heterocycles. The van der Waals surface area contributed by atoms with Gasteiger partial charge in [-0.05, 0) is 36.2 Å². The second-order valence-electron chi connectivity index (χ2n) is 5.83. The molecule has 8 nitrogen and oxygen atoms in total. The molecule has 4 rings (SSSR count). The molecule has 0 spiro atoms. The molecule has 2 aromatic carbocycles. The van der Waals surface area contributed by atoms with Gasteiger partial charge in [-0.2, -0.15) is 10.1 Å². The van der Waals surface area contributed by atoms with Crippen LogP contribution in [0.5, 0.6) is 0 Å². The number of carboxylic acid groups (broad SMARTS) is 1. The minimum atomic E-state index is -0.250. The zero-order valence-corrected chi connectivity index (χ0v) is 15.0. The molecule has 0 amide bonds. The summed E-state index contributed by atoms with van der Waals surface area (Å²) in [5, 5.41) is 21.5. The summed E-state index contributed by atoms with van der Waals surface area (Å²) in [6, 6.07) is 18.2. The van der Waals surface area contributed by atoms with Crippen LogP contribution in [-0.2, 0) is 11.2 Å². The zero-order valence-electron chi connectivity index (χ0n) is 15.0. The van der Waals surface area contributed by atoms with Crippen molar-refractivity contribution in [3.05, 3.63) is 72.6 Å². The van der Waals surface area contributed by atoms with Crippen molar-refractivity contribution in [1.29, 1.82) is 0 Å². The third-order valence-corrected chi connectivity index (χ3v) is 3.92. The first kappa shape index (κ1) is 18.8. The van der Waals surface area contributed by atoms with Crippen molar-refractivity contribution in [3.8, 4) is 0 Å². The van der Waals surface area contributed by atoms with Crippen LogP contribution < -0.4 is 10.6 Å². The number of hydrogen-bond acceptors (Lipinski definition) is 6. The van der Waals surface area contributed by atoms with E-state index in [-0.39, 0.29) is 6.47 Å². The summed E-state index contributed by atoms with van der Waals surface area (Å²) < 4.78 is 0. The smallest absolute Gasteiger partial charge is 0.290 e. The normalized spacial score (nSPS) is 10.0. The Labute approximate surface area is 161 Å². The first-order chi connectivity index (χ1) is 13.8. The number of hydrogen-bond donors (Lipinski definition) is 4. The Balaban J connectivity index is 0.000000706. The molecule has 0 fully saturated rings. The third-order valence-electron chi connectivity index (χ3n) is 3.92. The van der Waals surface area contributed by atoms with E-state index in [9.17, 15) is 0 Å². The van der Waals surface area contributed by atoms with Crippen LogP contribution >= 0.6 is 0 Å². The fourth-order valence-corrected chi connectivity index (χ4v) is 2.64. The standard InChI is InChI=1S/C19H18N6.CH2O2/c1-2-4-14(5-3-1)8-10-20-18-9-11-21-19(24-18)23-16-7-6-15-13-22-25-17(15)12-16;2-1-3/h1-7,9,11-13H,8,10H2,(H,22,25)(H2,20,21,23,24);1H,(H,2,3). The van der Waals surface area contributed by atoms with E-state index in [1.165, 1.54) is 5.56 Å². The lowest BCUT2D eigenvalue weighted by Crippen LogP contribution is -2.07. The second kappa shape index (κ2) is 9.67. The van der Waals surface area contributed by atoms with Gasteiger partial charge in [-0.3, -0.25) is 9.89 Å². The highest BCUT2D eigenvalue weighted by atomic mass is 16.3. The van der Waals surface area contributed by atoms with Crippen molar-refractivity contribution in [1.82, 2.24) is 20.2 Å². The molecule has 8 heteroatoms. The SMILES string of the molecule is O=CO.c1ccc(CCNc2ccnc(Nc3ccc4cn[nH]c4c3)n2)cc1. The van der Waals surface area contributed by atoms with E-state index in [4.69, 9.17) is 9.90 Å². The molecule has 2 aromatic heterocycles. The van der Waals surface area contributed by atoms with Crippen molar-refractivity contribution in [3.63, 3.8) is 0 Å². The molecule has 0 aliphatic carbocycles. The quantitative estimate of drug-likeness (QED) is 0.381. The van der Waals surface area contributed by atoms with E-state index in [2.05, 4.69) is 55.1 Å². The lowest BCUT2D eigenvalue weighted by molar-refractivity contribution is -0.122. The van der Waals surface area contributed by atoms with Crippen LogP contribution in [0.2, 0.25) is 0 Å². The summed E-state index contributed by atoms with van der Waals surface area (Å²) in [6.07, 6.45) is 4.49. The fraction of sp³-hybridized carbons (Fsp3) is 0.100. The fourth-order valence-electron chi connectivity index (χ4n) is 2.64. The minimum absolute atomic E-state index is 0.250. The highest BCUT2D eigenvalue weighted by Gasteiger charge is 2.02. The van der Waals surface area contributed by atoms with Crippen molar-refractivity contribution in [2.75, 3.05) is 17.2 Å². The van der Waals surface area contributed by atoms with Gasteiger partial charge in [-0.15, -0.1) is 0 Å². The van der Waals surface area contributed by atoms with Crippen LogP contribution in [0, 0.1) is 0 Å². The van der Waals surface area contributed by atoms with Gasteiger partial charge in [0.15, 0.2) is 0 Å². The van der Waals surface area contributed by atoms with Crippen LogP contribution in [0.3, 0.4) is 0 Å². The number of benzene rings is 2. The van der Waals surface area contributed by atoms with Gasteiger partial charge in [0.05, 0.1) is 11.7 Å². The monoisotopic (exact) mass is 376 g/mol. The third kappa shape index (κ3) is 5.28. The number of rotatable bonds is 6. The van der Waals surface area contributed by atoms with Gasteiger partial charge in [0.2, 0.25) is 5.95 Å². The lowest BCUT2D eigenvalue weighted by Gasteiger charge is -2.08. The summed E-state index contributed by atoms with van der Waals surface area (Å²) in [6.45, 7) is 0.570. The number of nitrogens with one attached hydrogen (secondary N) is 3. The molecule has 0 atom stereocenters. The van der Waals surface area contributed by atoms with Crippen LogP contribution in [0.1, 0.15) is 5.56 Å². The number of carbonyl (C=O) groups is 1. The van der Waals surface area contributed by atoms with E-state index in [1.807, 2.05) is 30.3 Å². The van der Waals surface area contributed by atoms with Gasteiger partial charge in [0, 0.05) is 23.8 Å². The number of anilines is 3. The molecular formula is C20H20N6O2. The Morgan fingerprint density at radius 2 is 1.93 bits per heavy atom. The predicted octanol–water partition coefficient (Wildman–Crippen LogP) is 3.45. The summed E-state index contributed by atoms with van der Waals surface area (Å²) in [4.78, 5) is 17.1. The van der Waals surface area contributed by atoms with Crippen LogP contribution in [0.25, 0.3) is 10.9 Å². The van der Waals surface area contributed by atoms with E-state index in [1.54, 1.807) is 12.4 Å². The molecule has 0 saturated carbocycles. The molecule has 2 heterocycles. The van der Waals surface area contributed by atoms with Crippen LogP contribution in [-0.4, -0.2) is 38.3 Å². The van der Waals surface area contributed by atoms with Crippen LogP contribution in [0.15, 0.2) is 67.0 Å². The summed E-state index contributed by atoms with van der Waals surface area (Å²) in [5.41, 5.74) is 3.19. The van der Waals surface area contributed by atoms with Gasteiger partial charge < -0.3 is 15.7 Å². The number of H-pyrrole nitrogens is 1. The van der Waals surface area contributed by atoms with Gasteiger partial charge in [-0.1, -0.05) is 30.3 Å². The average Bonchev–Trinajstić information content (AvgIpc) is 3.18. The molecule has 0 aliphatic heterocycles. The van der Waals surface area contributed by atoms with Gasteiger partial charge in [0.25, 0.3) is 6.47 Å². The maximum atomic E-state index is 8.36. The molecule has 28 heavy (non-hydrogen) atoms. The highest BCUT2D eigenvalue weighted by Crippen LogP contribution is 2.19. The largest absolute Gasteiger partial charge is 0.483 e. The van der Waals surface area contributed by atoms with Gasteiger partial charge in [0.1, 0.15) is 5.82 Å². The molecule has 0 aliphatic rings. The van der Waals surface area contributed by atoms with Crippen molar-refractivity contribution in [2.45, 2.75) is 6.42 Å². The van der Waals surface area contributed by atoms with Gasteiger partial charge >= 0.3 is 0 Å². The number of nitrogens with zero attached hydrogens (tertiary/aromatic N) is 3. The maximum absolute atomic E-state index is 8.36. The Morgan fingerprint density at radius 1 is 1.11 bits per heavy atom. The van der Waals surface area contributed by atoms with Gasteiger partial charge in [-0.25, -0.2) is 4.98 Å². The van der Waals surface area contributed by atoms with Crippen molar-refractivity contribution < 1.29 is 9.90 Å². The molecule has 0 unspecified atom stereocenters. The topological polar surface area (TPSA) is 116 Å². The minimum Gasteiger partial charge on any atom is -0.483 e. The van der Waals surface area contributed by atoms with Crippen molar-refractivity contribution in [2.24, 2.45) is 0 Å². The Morgan fingerprint density at radius 3 is 2.75 bits per heavy atom. The number of fused-ring (bicyclic) bond motifs is 1. The molecule has 4 N–H and O–H groups in total. The number of aromatic nitrogens is 4. The molecule has 0 bridgehead atoms. The summed E-state index contributed by atoms with van der Waals surface area (Å²) in [5.74, 6) is 1.36. The summed E-state index contributed by atoms with van der Waals surface area (Å²) >= 11 is 0. The number of aromatic amines is 1. The summed E-state index contributed by atoms with van der Waals surface area (Å²) in [7, 11) is 0. The maximum Gasteiger partial charge on any atom is 0.290 e. The van der Waals surface area contributed by atoms with E-state index < -0.39 is 0 Å². The zero-order chi connectivity index (χ0) is 19.6. The van der Waals surface area contributed by atoms with E-state index >= 15 is 0 Å². The van der Waals surface area contributed by atoms with Crippen molar-refractivity contribution >= 4 is 34.8 Å². The first-order valence-corrected chi connectivity index (χ1v) is 8.67. The highest BCUT2D eigenvalue weighted by molar-refractivity contribution is 5.82. The molecule has 4 aromatic rings. The molecule has 142 valence electrons. The molecular weight excluding hydrogens is 356 g/mol. The Bertz CT molecular complexity index is 1020. The van der Waals surface area contributed by atoms with E-state index in [0.29, 0.717) is 5.95 Å². The predicted molar refractivity (Wildman–Crippen MR) is 109 cm³/mol. The van der Waals surface area contributed by atoms with E-state index in [0.717, 1.165) is 35.4 Å². The Kier molecular flexibility index (Phi) is 6.51. The first-order valence-electron chi connectivity index (χ1n) is 8.67. The lowest BCUT2D eigenvalue weighted by atomic mass is 10.1. The van der Waals surface area contributed by atoms with Crippen LogP contribution in [0.4, 0.5) is 17.5 Å². The second-order valence-corrected chi connectivity index (χ2v) is 5.83. The average molecular weight is 376 g/mol. The Hall–Kier alpha value is -3.94. The molecule has 0 radical (unpaired) electrons.